The Kier molecular flexibility index (Phi) is 7.54. The van der Waals surface area contributed by atoms with E-state index in [1.165, 1.54) is 18.2 Å². The van der Waals surface area contributed by atoms with Crippen molar-refractivity contribution in [2.75, 3.05) is 18.4 Å². The number of carboxylic acids is 1. The fraction of sp³-hybridized carbons (Fsp3) is 0.423. The van der Waals surface area contributed by atoms with Crippen molar-refractivity contribution in [3.05, 3.63) is 64.7 Å². The summed E-state index contributed by atoms with van der Waals surface area (Å²) in [6.07, 6.45) is 4.18. The van der Waals surface area contributed by atoms with Crippen LogP contribution in [0.4, 0.5) is 5.69 Å². The van der Waals surface area contributed by atoms with Crippen LogP contribution in [0.1, 0.15) is 53.9 Å². The molecule has 2 aliphatic rings. The van der Waals surface area contributed by atoms with Crippen molar-refractivity contribution in [3.63, 3.8) is 0 Å². The van der Waals surface area contributed by atoms with Gasteiger partial charge in [-0.05, 0) is 68.3 Å². The van der Waals surface area contributed by atoms with Gasteiger partial charge in [0.15, 0.2) is 0 Å². The molecular weight excluding hydrogens is 454 g/mol. The summed E-state index contributed by atoms with van der Waals surface area (Å²) < 4.78 is 0. The fourth-order valence-electron chi connectivity index (χ4n) is 5.28. The highest BCUT2D eigenvalue weighted by atomic mass is 35.5. The molecule has 0 bridgehead atoms. The summed E-state index contributed by atoms with van der Waals surface area (Å²) in [7, 11) is 0. The molecule has 2 aromatic rings. The Hall–Kier alpha value is -2.90. The van der Waals surface area contributed by atoms with Gasteiger partial charge < -0.3 is 21.1 Å². The molecule has 0 spiro atoms. The van der Waals surface area contributed by atoms with Crippen LogP contribution >= 0.6 is 11.6 Å². The molecule has 2 aromatic carbocycles. The van der Waals surface area contributed by atoms with E-state index in [-0.39, 0.29) is 34.2 Å². The number of hydrogen-bond acceptors (Lipinski definition) is 4. The number of benzene rings is 2. The highest BCUT2D eigenvalue weighted by molar-refractivity contribution is 6.33. The predicted molar refractivity (Wildman–Crippen MR) is 131 cm³/mol. The number of amides is 2. The van der Waals surface area contributed by atoms with Crippen molar-refractivity contribution in [3.8, 4) is 0 Å². The smallest absolute Gasteiger partial charge is 0.337 e. The van der Waals surface area contributed by atoms with E-state index in [1.54, 1.807) is 4.90 Å². The van der Waals surface area contributed by atoms with Crippen LogP contribution in [0, 0.1) is 11.8 Å². The van der Waals surface area contributed by atoms with E-state index in [0.29, 0.717) is 31.1 Å². The lowest BCUT2D eigenvalue weighted by Crippen LogP contribution is -2.48. The van der Waals surface area contributed by atoms with Crippen molar-refractivity contribution in [1.29, 1.82) is 0 Å². The molecule has 7 nitrogen and oxygen atoms in total. The average molecular weight is 484 g/mol. The van der Waals surface area contributed by atoms with Crippen LogP contribution in [0.25, 0.3) is 0 Å². The molecule has 8 heteroatoms. The third kappa shape index (κ3) is 5.10. The Bertz CT molecular complexity index is 1050. The fourth-order valence-corrected chi connectivity index (χ4v) is 5.54. The van der Waals surface area contributed by atoms with Gasteiger partial charge in [-0.15, -0.1) is 0 Å². The van der Waals surface area contributed by atoms with Crippen LogP contribution in [0.2, 0.25) is 5.02 Å². The zero-order valence-corrected chi connectivity index (χ0v) is 19.7. The predicted octanol–water partition coefficient (Wildman–Crippen LogP) is 4.13. The van der Waals surface area contributed by atoms with Gasteiger partial charge in [0, 0.05) is 24.1 Å². The topological polar surface area (TPSA) is 113 Å². The Morgan fingerprint density at radius 3 is 2.35 bits per heavy atom. The zero-order chi connectivity index (χ0) is 24.2. The molecule has 2 fully saturated rings. The maximum atomic E-state index is 13.5. The summed E-state index contributed by atoms with van der Waals surface area (Å²) in [5.41, 5.74) is 7.19. The van der Waals surface area contributed by atoms with Crippen molar-refractivity contribution < 1.29 is 19.5 Å². The number of carbonyl (C=O) groups excluding carboxylic acids is 2. The van der Waals surface area contributed by atoms with Gasteiger partial charge in [0.05, 0.1) is 10.6 Å². The van der Waals surface area contributed by atoms with Gasteiger partial charge >= 0.3 is 5.97 Å². The van der Waals surface area contributed by atoms with Gasteiger partial charge in [0.25, 0.3) is 0 Å². The van der Waals surface area contributed by atoms with Crippen LogP contribution in [-0.4, -0.2) is 46.9 Å². The molecule has 2 atom stereocenters. The molecule has 1 saturated heterocycles. The van der Waals surface area contributed by atoms with Crippen LogP contribution in [-0.2, 0) is 9.59 Å². The minimum absolute atomic E-state index is 0.0346. The first-order valence-electron chi connectivity index (χ1n) is 11.8. The number of halogens is 1. The Balaban J connectivity index is 1.57. The summed E-state index contributed by atoms with van der Waals surface area (Å²) in [6.45, 7) is 1.17. The first-order chi connectivity index (χ1) is 16.4. The maximum absolute atomic E-state index is 13.5. The van der Waals surface area contributed by atoms with E-state index in [1.807, 2.05) is 30.3 Å². The van der Waals surface area contributed by atoms with Crippen molar-refractivity contribution >= 4 is 35.1 Å². The van der Waals surface area contributed by atoms with E-state index in [9.17, 15) is 19.5 Å². The van der Waals surface area contributed by atoms with Gasteiger partial charge in [-0.25, -0.2) is 4.79 Å². The van der Waals surface area contributed by atoms with E-state index in [4.69, 9.17) is 17.3 Å². The molecule has 1 heterocycles. The van der Waals surface area contributed by atoms with Crippen LogP contribution < -0.4 is 11.1 Å². The molecule has 180 valence electrons. The lowest BCUT2D eigenvalue weighted by atomic mass is 9.81. The summed E-state index contributed by atoms with van der Waals surface area (Å²) in [5.74, 6) is -1.14. The lowest BCUT2D eigenvalue weighted by molar-refractivity contribution is -0.141. The molecule has 2 amide bonds. The van der Waals surface area contributed by atoms with Crippen LogP contribution in [0.3, 0.4) is 0 Å². The number of nitrogens with zero attached hydrogens (tertiary/aromatic N) is 1. The molecule has 2 unspecified atom stereocenters. The van der Waals surface area contributed by atoms with Crippen molar-refractivity contribution in [1.82, 2.24) is 4.90 Å². The first-order valence-corrected chi connectivity index (χ1v) is 12.2. The number of nitrogens with two attached hydrogens (primary N) is 1. The number of carbonyl (C=O) groups is 3. The number of likely N-dealkylation sites (tertiary alicyclic amines) is 1. The molecule has 0 radical (unpaired) electrons. The maximum Gasteiger partial charge on any atom is 0.337 e. The number of anilines is 1. The Morgan fingerprint density at radius 2 is 1.74 bits per heavy atom. The molecule has 4 rings (SSSR count). The van der Waals surface area contributed by atoms with Gasteiger partial charge in [0.2, 0.25) is 11.8 Å². The summed E-state index contributed by atoms with van der Waals surface area (Å²) in [5, 5.41) is 12.1. The second-order valence-electron chi connectivity index (χ2n) is 9.22. The third-order valence-electron chi connectivity index (χ3n) is 7.17. The van der Waals surface area contributed by atoms with Crippen LogP contribution in [0.15, 0.2) is 48.5 Å². The second-order valence-corrected chi connectivity index (χ2v) is 9.63. The molecule has 1 aliphatic carbocycles. The first kappa shape index (κ1) is 24.2. The molecule has 1 aliphatic heterocycles. The minimum Gasteiger partial charge on any atom is -0.478 e. The normalized spacial score (nSPS) is 24.6. The van der Waals surface area contributed by atoms with E-state index < -0.39 is 12.0 Å². The van der Waals surface area contributed by atoms with E-state index in [0.717, 1.165) is 31.2 Å². The Labute approximate surface area is 204 Å². The van der Waals surface area contributed by atoms with Crippen LogP contribution in [0.5, 0.6) is 0 Å². The second kappa shape index (κ2) is 10.6. The number of aromatic carboxylic acids is 1. The average Bonchev–Trinajstić information content (AvgIpc) is 3.29. The zero-order valence-electron chi connectivity index (χ0n) is 19.0. The highest BCUT2D eigenvalue weighted by Crippen LogP contribution is 2.38. The SMILES string of the molecule is NCC1CCC(C(=O)N2CCC(c3ccccc3)C2C(=O)Nc2ccc(C(=O)O)c(Cl)c2)CC1. The third-order valence-corrected chi connectivity index (χ3v) is 7.49. The van der Waals surface area contributed by atoms with Gasteiger partial charge in [0.1, 0.15) is 6.04 Å². The summed E-state index contributed by atoms with van der Waals surface area (Å²) >= 11 is 6.09. The largest absolute Gasteiger partial charge is 0.478 e. The van der Waals surface area contributed by atoms with Gasteiger partial charge in [-0.2, -0.15) is 0 Å². The molecular formula is C26H30ClN3O4. The standard InChI is InChI=1S/C26H30ClN3O4/c27-22-14-19(10-11-21(22)26(33)34)29-24(31)23-20(17-4-2-1-3-5-17)12-13-30(23)25(32)18-8-6-16(15-28)7-9-18/h1-5,10-11,14,16,18,20,23H,6-9,12-13,15,28H2,(H,29,31)(H,33,34). The molecule has 34 heavy (non-hydrogen) atoms. The summed E-state index contributed by atoms with van der Waals surface area (Å²) in [6, 6.07) is 13.4. The van der Waals surface area contributed by atoms with Gasteiger partial charge in [-0.3, -0.25) is 9.59 Å². The monoisotopic (exact) mass is 483 g/mol. The number of rotatable bonds is 6. The Morgan fingerprint density at radius 1 is 1.03 bits per heavy atom. The van der Waals surface area contributed by atoms with E-state index >= 15 is 0 Å². The number of nitrogens with one attached hydrogen (secondary N) is 1. The summed E-state index contributed by atoms with van der Waals surface area (Å²) in [4.78, 5) is 40.1. The van der Waals surface area contributed by atoms with Crippen molar-refractivity contribution in [2.45, 2.75) is 44.1 Å². The number of hydrogen-bond donors (Lipinski definition) is 3. The number of carboxylic acid groups (broad SMARTS) is 1. The molecule has 0 aromatic heterocycles. The quantitative estimate of drug-likeness (QED) is 0.571. The van der Waals surface area contributed by atoms with E-state index in [2.05, 4.69) is 5.32 Å². The van der Waals surface area contributed by atoms with Crippen molar-refractivity contribution in [2.24, 2.45) is 17.6 Å². The van der Waals surface area contributed by atoms with Gasteiger partial charge in [-0.1, -0.05) is 41.9 Å². The highest BCUT2D eigenvalue weighted by Gasteiger charge is 2.44. The molecule has 1 saturated carbocycles. The minimum atomic E-state index is -1.14. The molecule has 4 N–H and O–H groups in total. The lowest BCUT2D eigenvalue weighted by Gasteiger charge is -2.33.